The summed E-state index contributed by atoms with van der Waals surface area (Å²) in [4.78, 5) is 12.1. The average molecular weight is 409 g/mol. The van der Waals surface area contributed by atoms with E-state index in [9.17, 15) is 22.4 Å². The van der Waals surface area contributed by atoms with E-state index in [2.05, 4.69) is 9.84 Å². The SMILES string of the molecule is COC(=O)c1cccc(Cn2cc(-c3ccc(C#N)s3)c(C(F)(F)F)n2)c1F. The number of alkyl halides is 3. The fourth-order valence-corrected chi connectivity index (χ4v) is 3.39. The Kier molecular flexibility index (Phi) is 5.20. The first kappa shape index (κ1) is 19.6. The van der Waals surface area contributed by atoms with Crippen molar-refractivity contribution < 1.29 is 27.1 Å². The zero-order valence-corrected chi connectivity index (χ0v) is 15.1. The van der Waals surface area contributed by atoms with Gasteiger partial charge < -0.3 is 4.74 Å². The standard InChI is InChI=1S/C18H11F4N3O2S/c1-27-17(26)12-4-2-3-10(15(12)19)8-25-9-13(16(24-25)18(20,21)22)14-6-5-11(7-23)28-14/h2-6,9H,8H2,1H3. The number of esters is 1. The van der Waals surface area contributed by atoms with Crippen molar-refractivity contribution in [2.45, 2.75) is 12.7 Å². The van der Waals surface area contributed by atoms with Crippen LogP contribution in [-0.4, -0.2) is 22.9 Å². The number of hydrogen-bond acceptors (Lipinski definition) is 5. The van der Waals surface area contributed by atoms with Gasteiger partial charge in [0, 0.05) is 22.2 Å². The summed E-state index contributed by atoms with van der Waals surface area (Å²) in [6, 6.07) is 8.64. The number of halogens is 4. The van der Waals surface area contributed by atoms with E-state index in [1.165, 1.54) is 30.3 Å². The quantitative estimate of drug-likeness (QED) is 0.471. The molecule has 2 aromatic heterocycles. The lowest BCUT2D eigenvalue weighted by molar-refractivity contribution is -0.141. The highest BCUT2D eigenvalue weighted by Gasteiger charge is 2.38. The predicted octanol–water partition coefficient (Wildman–Crippen LogP) is 4.48. The van der Waals surface area contributed by atoms with Crippen LogP contribution in [-0.2, 0) is 17.5 Å². The van der Waals surface area contributed by atoms with E-state index < -0.39 is 23.7 Å². The molecule has 0 amide bonds. The summed E-state index contributed by atoms with van der Waals surface area (Å²) < 4.78 is 60.1. The molecular weight excluding hydrogens is 398 g/mol. The Labute approximate surface area is 160 Å². The van der Waals surface area contributed by atoms with Crippen LogP contribution in [0.2, 0.25) is 0 Å². The van der Waals surface area contributed by atoms with Gasteiger partial charge in [0.05, 0.1) is 19.2 Å². The Morgan fingerprint density at radius 2 is 2.07 bits per heavy atom. The van der Waals surface area contributed by atoms with Gasteiger partial charge in [-0.1, -0.05) is 12.1 Å². The third-order valence-corrected chi connectivity index (χ3v) is 4.85. The number of hydrogen-bond donors (Lipinski definition) is 0. The van der Waals surface area contributed by atoms with Crippen molar-refractivity contribution in [3.8, 4) is 16.5 Å². The van der Waals surface area contributed by atoms with Crippen LogP contribution in [0, 0.1) is 17.1 Å². The summed E-state index contributed by atoms with van der Waals surface area (Å²) in [6.07, 6.45) is -3.59. The van der Waals surface area contributed by atoms with Gasteiger partial charge in [0.2, 0.25) is 0 Å². The molecule has 0 aliphatic carbocycles. The first-order valence-corrected chi connectivity index (χ1v) is 8.57. The molecule has 0 saturated carbocycles. The lowest BCUT2D eigenvalue weighted by atomic mass is 10.1. The molecule has 0 aliphatic rings. The molecular formula is C18H11F4N3O2S. The molecule has 0 spiro atoms. The fourth-order valence-electron chi connectivity index (χ4n) is 2.58. The van der Waals surface area contributed by atoms with E-state index >= 15 is 0 Å². The molecule has 144 valence electrons. The highest BCUT2D eigenvalue weighted by atomic mass is 32.1. The second-order valence-electron chi connectivity index (χ2n) is 5.63. The number of thiophene rings is 1. The molecule has 0 fully saturated rings. The van der Waals surface area contributed by atoms with Gasteiger partial charge in [-0.25, -0.2) is 9.18 Å². The Morgan fingerprint density at radius 1 is 1.32 bits per heavy atom. The van der Waals surface area contributed by atoms with Gasteiger partial charge in [-0.2, -0.15) is 23.5 Å². The molecule has 0 bridgehead atoms. The summed E-state index contributed by atoms with van der Waals surface area (Å²) in [5, 5.41) is 12.4. The summed E-state index contributed by atoms with van der Waals surface area (Å²) in [5.41, 5.74) is -1.68. The largest absolute Gasteiger partial charge is 0.465 e. The topological polar surface area (TPSA) is 67.9 Å². The van der Waals surface area contributed by atoms with E-state index in [0.29, 0.717) is 0 Å². The minimum atomic E-state index is -4.73. The Morgan fingerprint density at radius 3 is 2.68 bits per heavy atom. The van der Waals surface area contributed by atoms with Crippen LogP contribution < -0.4 is 0 Å². The molecule has 3 rings (SSSR count). The molecule has 0 N–H and O–H groups in total. The van der Waals surface area contributed by atoms with Gasteiger partial charge in [-0.05, 0) is 18.2 Å². The maximum atomic E-state index is 14.5. The molecule has 3 aromatic rings. The maximum absolute atomic E-state index is 14.5. The van der Waals surface area contributed by atoms with Crippen LogP contribution >= 0.6 is 11.3 Å². The van der Waals surface area contributed by atoms with Gasteiger partial charge in [-0.3, -0.25) is 4.68 Å². The first-order valence-electron chi connectivity index (χ1n) is 7.75. The molecule has 0 unspecified atom stereocenters. The Hall–Kier alpha value is -3.19. The first-order chi connectivity index (χ1) is 13.2. The zero-order valence-electron chi connectivity index (χ0n) is 14.2. The second-order valence-corrected chi connectivity index (χ2v) is 6.72. The number of aromatic nitrogens is 2. The summed E-state index contributed by atoms with van der Waals surface area (Å²) in [7, 11) is 1.10. The van der Waals surface area contributed by atoms with Gasteiger partial charge in [0.25, 0.3) is 0 Å². The number of carbonyl (C=O) groups is 1. The maximum Gasteiger partial charge on any atom is 0.435 e. The average Bonchev–Trinajstić information content (AvgIpc) is 3.29. The van der Waals surface area contributed by atoms with E-state index in [-0.39, 0.29) is 33.0 Å². The number of benzene rings is 1. The highest BCUT2D eigenvalue weighted by molar-refractivity contribution is 7.16. The molecule has 0 aliphatic heterocycles. The molecule has 28 heavy (non-hydrogen) atoms. The third-order valence-electron chi connectivity index (χ3n) is 3.83. The fraction of sp³-hybridized carbons (Fsp3) is 0.167. The monoisotopic (exact) mass is 409 g/mol. The number of carbonyl (C=O) groups excluding carboxylic acids is 1. The lowest BCUT2D eigenvalue weighted by Gasteiger charge is -2.07. The summed E-state index contributed by atoms with van der Waals surface area (Å²) in [5.74, 6) is -1.78. The normalized spacial score (nSPS) is 11.3. The smallest absolute Gasteiger partial charge is 0.435 e. The minimum Gasteiger partial charge on any atom is -0.465 e. The number of methoxy groups -OCH3 is 1. The number of nitrogens with zero attached hydrogens (tertiary/aromatic N) is 3. The van der Waals surface area contributed by atoms with Gasteiger partial charge in [-0.15, -0.1) is 11.3 Å². The van der Waals surface area contributed by atoms with Crippen LogP contribution in [0.5, 0.6) is 0 Å². The van der Waals surface area contributed by atoms with Crippen molar-refractivity contribution in [2.75, 3.05) is 7.11 Å². The van der Waals surface area contributed by atoms with Crippen molar-refractivity contribution in [1.29, 1.82) is 5.26 Å². The van der Waals surface area contributed by atoms with Crippen LogP contribution in [0.15, 0.2) is 36.5 Å². The molecule has 0 saturated heterocycles. The van der Waals surface area contributed by atoms with Crippen molar-refractivity contribution >= 4 is 17.3 Å². The molecule has 1 aromatic carbocycles. The summed E-state index contributed by atoms with van der Waals surface area (Å²) >= 11 is 0.899. The number of ether oxygens (including phenoxy) is 1. The van der Waals surface area contributed by atoms with Gasteiger partial charge in [0.15, 0.2) is 5.69 Å². The van der Waals surface area contributed by atoms with Gasteiger partial charge >= 0.3 is 12.1 Å². The van der Waals surface area contributed by atoms with Gasteiger partial charge in [0.1, 0.15) is 16.8 Å². The Balaban J connectivity index is 2.03. The van der Waals surface area contributed by atoms with E-state index in [4.69, 9.17) is 5.26 Å². The second kappa shape index (κ2) is 7.44. The van der Waals surface area contributed by atoms with Crippen molar-refractivity contribution in [3.05, 3.63) is 64.0 Å². The van der Waals surface area contributed by atoms with Crippen LogP contribution in [0.4, 0.5) is 17.6 Å². The van der Waals surface area contributed by atoms with E-state index in [1.807, 2.05) is 6.07 Å². The molecule has 0 radical (unpaired) electrons. The highest BCUT2D eigenvalue weighted by Crippen LogP contribution is 2.38. The molecule has 0 atom stereocenters. The molecule has 10 heteroatoms. The van der Waals surface area contributed by atoms with Crippen LogP contribution in [0.25, 0.3) is 10.4 Å². The van der Waals surface area contributed by atoms with E-state index in [0.717, 1.165) is 29.3 Å². The van der Waals surface area contributed by atoms with Crippen molar-refractivity contribution in [1.82, 2.24) is 9.78 Å². The Bertz CT molecular complexity index is 1080. The third kappa shape index (κ3) is 3.75. The van der Waals surface area contributed by atoms with Crippen LogP contribution in [0.1, 0.15) is 26.5 Å². The lowest BCUT2D eigenvalue weighted by Crippen LogP contribution is -2.11. The van der Waals surface area contributed by atoms with E-state index in [1.54, 1.807) is 0 Å². The van der Waals surface area contributed by atoms with Crippen LogP contribution in [0.3, 0.4) is 0 Å². The van der Waals surface area contributed by atoms with Crippen molar-refractivity contribution in [2.24, 2.45) is 0 Å². The van der Waals surface area contributed by atoms with Crippen molar-refractivity contribution in [3.63, 3.8) is 0 Å². The summed E-state index contributed by atoms with van der Waals surface area (Å²) in [6.45, 7) is -0.323. The zero-order chi connectivity index (χ0) is 20.5. The minimum absolute atomic E-state index is 0.0189. The molecule has 5 nitrogen and oxygen atoms in total. The predicted molar refractivity (Wildman–Crippen MR) is 92.1 cm³/mol. The number of nitriles is 1. The number of rotatable bonds is 4. The molecule has 2 heterocycles.